The summed E-state index contributed by atoms with van der Waals surface area (Å²) in [6.45, 7) is 3.33. The Morgan fingerprint density at radius 1 is 1.08 bits per heavy atom. The number of amides is 3. The zero-order valence-electron chi connectivity index (χ0n) is 13.9. The Morgan fingerprint density at radius 2 is 1.64 bits per heavy atom. The highest BCUT2D eigenvalue weighted by atomic mass is 16.3. The van der Waals surface area contributed by atoms with Gasteiger partial charge in [0.2, 0.25) is 5.91 Å². The molecule has 2 aromatic carbocycles. The van der Waals surface area contributed by atoms with Gasteiger partial charge in [0.05, 0.1) is 11.8 Å². The van der Waals surface area contributed by atoms with Crippen LogP contribution in [0.25, 0.3) is 0 Å². The molecule has 3 N–H and O–H groups in total. The highest BCUT2D eigenvalue weighted by Gasteiger charge is 2.21. The lowest BCUT2D eigenvalue weighted by atomic mass is 10.0. The molecule has 0 fully saturated rings. The molecule has 128 valence electrons. The lowest BCUT2D eigenvalue weighted by molar-refractivity contribution is -0.115. The Bertz CT molecular complexity index is 828. The van der Waals surface area contributed by atoms with E-state index in [-0.39, 0.29) is 23.7 Å². The summed E-state index contributed by atoms with van der Waals surface area (Å²) in [4.78, 5) is 24.9. The number of phenols is 1. The van der Waals surface area contributed by atoms with Gasteiger partial charge in [-0.2, -0.15) is 5.10 Å². The molecule has 0 aliphatic carbocycles. The molecule has 3 rings (SSSR count). The van der Waals surface area contributed by atoms with Gasteiger partial charge in [-0.05, 0) is 43.3 Å². The summed E-state index contributed by atoms with van der Waals surface area (Å²) in [5, 5.41) is 16.3. The fourth-order valence-electron chi connectivity index (χ4n) is 2.72. The third kappa shape index (κ3) is 3.45. The number of carbonyl (C=O) groups is 2. The van der Waals surface area contributed by atoms with Gasteiger partial charge in [0.1, 0.15) is 5.75 Å². The van der Waals surface area contributed by atoms with E-state index in [4.69, 9.17) is 0 Å². The van der Waals surface area contributed by atoms with Crippen molar-refractivity contribution in [1.29, 1.82) is 0 Å². The van der Waals surface area contributed by atoms with E-state index in [1.165, 1.54) is 19.1 Å². The molecule has 7 nitrogen and oxygen atoms in total. The lowest BCUT2D eigenvalue weighted by Crippen LogP contribution is -2.48. The number of nitrogens with one attached hydrogen (secondary N) is 2. The summed E-state index contributed by atoms with van der Waals surface area (Å²) < 4.78 is 0. The minimum Gasteiger partial charge on any atom is -0.508 e. The Hall–Kier alpha value is -3.35. The van der Waals surface area contributed by atoms with E-state index in [1.807, 2.05) is 31.2 Å². The van der Waals surface area contributed by atoms with Gasteiger partial charge in [-0.25, -0.2) is 10.2 Å². The first-order valence-electron chi connectivity index (χ1n) is 7.80. The molecule has 1 aliphatic rings. The average molecular weight is 338 g/mol. The third-order valence-electron chi connectivity index (χ3n) is 3.88. The van der Waals surface area contributed by atoms with Crippen LogP contribution >= 0.6 is 0 Å². The molecule has 7 heteroatoms. The largest absolute Gasteiger partial charge is 0.508 e. The summed E-state index contributed by atoms with van der Waals surface area (Å²) in [7, 11) is 0. The van der Waals surface area contributed by atoms with Gasteiger partial charge >= 0.3 is 6.03 Å². The molecular weight excluding hydrogens is 320 g/mol. The smallest absolute Gasteiger partial charge is 0.335 e. The number of benzene rings is 2. The minimum absolute atomic E-state index is 0.140. The molecule has 0 saturated carbocycles. The summed E-state index contributed by atoms with van der Waals surface area (Å²) in [5.41, 5.74) is 5.32. The second-order valence-corrected chi connectivity index (χ2v) is 5.72. The Morgan fingerprint density at radius 3 is 2.16 bits per heavy atom. The van der Waals surface area contributed by atoms with Crippen molar-refractivity contribution < 1.29 is 14.7 Å². The van der Waals surface area contributed by atoms with Crippen LogP contribution in [0.5, 0.6) is 5.75 Å². The molecule has 0 aromatic heterocycles. The van der Waals surface area contributed by atoms with Crippen LogP contribution in [0.3, 0.4) is 0 Å². The van der Waals surface area contributed by atoms with E-state index < -0.39 is 0 Å². The molecule has 2 aromatic rings. The van der Waals surface area contributed by atoms with Crippen LogP contribution in [0.4, 0.5) is 16.2 Å². The van der Waals surface area contributed by atoms with E-state index in [9.17, 15) is 14.7 Å². The predicted octanol–water partition coefficient (Wildman–Crippen LogP) is 2.48. The van der Waals surface area contributed by atoms with Gasteiger partial charge in [0.25, 0.3) is 0 Å². The van der Waals surface area contributed by atoms with Crippen LogP contribution in [-0.2, 0) is 4.79 Å². The standard InChI is InChI=1S/C18H18N4O3/c1-11-17(20-21-18(25)19-11)13-3-5-14(6-4-13)22(12(2)23)15-7-9-16(24)10-8-15/h3-11,24H,1-2H3,(H2,19,21,25). The van der Waals surface area contributed by atoms with E-state index in [2.05, 4.69) is 15.8 Å². The lowest BCUT2D eigenvalue weighted by Gasteiger charge is -2.23. The van der Waals surface area contributed by atoms with Crippen LogP contribution in [0, 0.1) is 0 Å². The first-order valence-corrected chi connectivity index (χ1v) is 7.80. The molecule has 1 atom stereocenters. The quantitative estimate of drug-likeness (QED) is 0.802. The first-order chi connectivity index (χ1) is 12.0. The van der Waals surface area contributed by atoms with Crippen molar-refractivity contribution >= 4 is 29.0 Å². The molecule has 0 radical (unpaired) electrons. The van der Waals surface area contributed by atoms with Crippen LogP contribution in [0.1, 0.15) is 19.4 Å². The maximum absolute atomic E-state index is 12.1. The van der Waals surface area contributed by atoms with Crippen molar-refractivity contribution in [1.82, 2.24) is 10.7 Å². The molecular formula is C18H18N4O3. The van der Waals surface area contributed by atoms with E-state index in [0.717, 1.165) is 5.56 Å². The molecule has 1 heterocycles. The SMILES string of the molecule is CC(=O)N(c1ccc(O)cc1)c1ccc(C2=NNC(=O)NC2C)cc1. The van der Waals surface area contributed by atoms with Crippen molar-refractivity contribution in [2.24, 2.45) is 5.10 Å². The van der Waals surface area contributed by atoms with Crippen LogP contribution < -0.4 is 15.6 Å². The van der Waals surface area contributed by atoms with Gasteiger partial charge < -0.3 is 10.4 Å². The Kier molecular flexibility index (Phi) is 4.38. The van der Waals surface area contributed by atoms with Crippen molar-refractivity contribution in [3.63, 3.8) is 0 Å². The number of nitrogens with zero attached hydrogens (tertiary/aromatic N) is 2. The Balaban J connectivity index is 1.91. The maximum atomic E-state index is 12.1. The number of hydrogen-bond acceptors (Lipinski definition) is 4. The van der Waals surface area contributed by atoms with Crippen molar-refractivity contribution in [2.45, 2.75) is 19.9 Å². The predicted molar refractivity (Wildman–Crippen MR) is 95.0 cm³/mol. The van der Waals surface area contributed by atoms with E-state index >= 15 is 0 Å². The fraction of sp³-hybridized carbons (Fsp3) is 0.167. The van der Waals surface area contributed by atoms with Gasteiger partial charge in [-0.15, -0.1) is 0 Å². The summed E-state index contributed by atoms with van der Waals surface area (Å²) >= 11 is 0. The first kappa shape index (κ1) is 16.5. The summed E-state index contributed by atoms with van der Waals surface area (Å²) in [6.07, 6.45) is 0. The zero-order valence-corrected chi connectivity index (χ0v) is 13.9. The highest BCUT2D eigenvalue weighted by molar-refractivity contribution is 6.08. The number of anilines is 2. The van der Waals surface area contributed by atoms with Gasteiger partial charge in [0.15, 0.2) is 0 Å². The average Bonchev–Trinajstić information content (AvgIpc) is 2.57. The third-order valence-corrected chi connectivity index (χ3v) is 3.88. The Labute approximate surface area is 145 Å². The number of rotatable bonds is 3. The molecule has 25 heavy (non-hydrogen) atoms. The number of phenolic OH excluding ortho intramolecular Hbond substituents is 1. The highest BCUT2D eigenvalue weighted by Crippen LogP contribution is 2.27. The zero-order chi connectivity index (χ0) is 18.0. The van der Waals surface area contributed by atoms with E-state index in [0.29, 0.717) is 17.1 Å². The van der Waals surface area contributed by atoms with E-state index in [1.54, 1.807) is 17.0 Å². The van der Waals surface area contributed by atoms with Gasteiger partial charge in [0, 0.05) is 23.9 Å². The normalized spacial score (nSPS) is 16.5. The molecule has 1 aliphatic heterocycles. The number of hydrazone groups is 1. The molecule has 0 saturated heterocycles. The monoisotopic (exact) mass is 338 g/mol. The second-order valence-electron chi connectivity index (χ2n) is 5.72. The maximum Gasteiger partial charge on any atom is 0.335 e. The van der Waals surface area contributed by atoms with Crippen LogP contribution in [-0.4, -0.2) is 28.8 Å². The van der Waals surface area contributed by atoms with Crippen molar-refractivity contribution in [3.8, 4) is 5.75 Å². The van der Waals surface area contributed by atoms with Crippen molar-refractivity contribution in [3.05, 3.63) is 54.1 Å². The molecule has 3 amide bonds. The minimum atomic E-state index is -0.331. The second kappa shape index (κ2) is 6.64. The number of urea groups is 1. The van der Waals surface area contributed by atoms with Gasteiger partial charge in [-0.1, -0.05) is 12.1 Å². The van der Waals surface area contributed by atoms with Crippen LogP contribution in [0.15, 0.2) is 53.6 Å². The fourth-order valence-corrected chi connectivity index (χ4v) is 2.72. The van der Waals surface area contributed by atoms with Crippen molar-refractivity contribution in [2.75, 3.05) is 4.90 Å². The number of aromatic hydroxyl groups is 1. The summed E-state index contributed by atoms with van der Waals surface area (Å²) in [6, 6.07) is 13.2. The molecule has 1 unspecified atom stereocenters. The molecule has 0 spiro atoms. The topological polar surface area (TPSA) is 94.0 Å². The summed E-state index contributed by atoms with van der Waals surface area (Å²) in [5.74, 6) is -0.00260. The van der Waals surface area contributed by atoms with Gasteiger partial charge in [-0.3, -0.25) is 9.69 Å². The molecule has 0 bridgehead atoms. The van der Waals surface area contributed by atoms with Crippen LogP contribution in [0.2, 0.25) is 0 Å². The number of carbonyl (C=O) groups excluding carboxylic acids is 2. The number of hydrogen-bond donors (Lipinski definition) is 3.